The summed E-state index contributed by atoms with van der Waals surface area (Å²) in [6.45, 7) is 13.4. The Balaban J connectivity index is 2.42. The van der Waals surface area contributed by atoms with Gasteiger partial charge >= 0.3 is 0 Å². The first kappa shape index (κ1) is 13.5. The van der Waals surface area contributed by atoms with Gasteiger partial charge in [-0.25, -0.2) is 4.85 Å². The molecule has 0 spiro atoms. The molecule has 1 N–H and O–H groups in total. The fourth-order valence-corrected chi connectivity index (χ4v) is 1.58. The van der Waals surface area contributed by atoms with Crippen LogP contribution in [-0.4, -0.2) is 17.8 Å². The third-order valence-corrected chi connectivity index (χ3v) is 2.26. The van der Waals surface area contributed by atoms with E-state index in [0.717, 1.165) is 0 Å². The highest BCUT2D eigenvalue weighted by atomic mass is 16.5. The average Bonchev–Trinajstić information content (AvgIpc) is 2.25. The summed E-state index contributed by atoms with van der Waals surface area (Å²) in [4.78, 5) is 3.30. The summed E-state index contributed by atoms with van der Waals surface area (Å²) in [6.07, 6.45) is 0.239. The molecule has 92 valence electrons. The van der Waals surface area contributed by atoms with Crippen LogP contribution in [0.25, 0.3) is 4.85 Å². The predicted molar refractivity (Wildman–Crippen MR) is 68.3 cm³/mol. The molecule has 0 amide bonds. The number of ether oxygens (including phenoxy) is 1. The maximum absolute atomic E-state index is 9.77. The van der Waals surface area contributed by atoms with E-state index >= 15 is 0 Å². The van der Waals surface area contributed by atoms with E-state index in [9.17, 15) is 5.11 Å². The lowest BCUT2D eigenvalue weighted by Crippen LogP contribution is -2.23. The summed E-state index contributed by atoms with van der Waals surface area (Å²) in [5.41, 5.74) is 0.684. The van der Waals surface area contributed by atoms with Gasteiger partial charge in [0.05, 0.1) is 12.7 Å². The van der Waals surface area contributed by atoms with Gasteiger partial charge in [-0.3, -0.25) is 0 Å². The van der Waals surface area contributed by atoms with Crippen molar-refractivity contribution in [3.8, 4) is 5.75 Å². The van der Waals surface area contributed by atoms with E-state index < -0.39 is 6.10 Å². The van der Waals surface area contributed by atoms with Gasteiger partial charge in [-0.05, 0) is 24.0 Å². The summed E-state index contributed by atoms with van der Waals surface area (Å²) in [6, 6.07) is 6.91. The fraction of sp³-hybridized carbons (Fsp3) is 0.500. The minimum absolute atomic E-state index is 0.0940. The van der Waals surface area contributed by atoms with Gasteiger partial charge in [0.1, 0.15) is 12.4 Å². The average molecular weight is 233 g/mol. The molecule has 3 nitrogen and oxygen atoms in total. The lowest BCUT2D eigenvalue weighted by molar-refractivity contribution is 0.0710. The molecule has 1 aromatic carbocycles. The summed E-state index contributed by atoms with van der Waals surface area (Å²) in [7, 11) is 0. The van der Waals surface area contributed by atoms with Gasteiger partial charge in [-0.1, -0.05) is 32.9 Å². The normalized spacial score (nSPS) is 12.9. The van der Waals surface area contributed by atoms with Crippen LogP contribution in [-0.2, 0) is 0 Å². The van der Waals surface area contributed by atoms with Gasteiger partial charge in [-0.15, -0.1) is 0 Å². The minimum Gasteiger partial charge on any atom is -0.491 e. The second-order valence-electron chi connectivity index (χ2n) is 5.34. The van der Waals surface area contributed by atoms with Crippen LogP contribution in [0, 0.1) is 12.0 Å². The van der Waals surface area contributed by atoms with Gasteiger partial charge in [0.15, 0.2) is 5.69 Å². The van der Waals surface area contributed by atoms with Gasteiger partial charge in [-0.2, -0.15) is 0 Å². The third kappa shape index (κ3) is 5.37. The maximum Gasteiger partial charge on any atom is 0.187 e. The number of benzene rings is 1. The Morgan fingerprint density at radius 1 is 1.29 bits per heavy atom. The van der Waals surface area contributed by atoms with Crippen LogP contribution in [0.1, 0.15) is 27.2 Å². The molecule has 0 unspecified atom stereocenters. The first-order valence-corrected chi connectivity index (χ1v) is 5.69. The minimum atomic E-state index is -0.462. The number of hydrogen-bond acceptors (Lipinski definition) is 2. The molecule has 0 aliphatic carbocycles. The van der Waals surface area contributed by atoms with E-state index in [-0.39, 0.29) is 12.0 Å². The van der Waals surface area contributed by atoms with Crippen molar-refractivity contribution < 1.29 is 9.84 Å². The predicted octanol–water partition coefficient (Wildman–Crippen LogP) is 3.41. The van der Waals surface area contributed by atoms with Gasteiger partial charge in [0.25, 0.3) is 0 Å². The molecule has 0 saturated heterocycles. The van der Waals surface area contributed by atoms with Crippen molar-refractivity contribution >= 4 is 5.69 Å². The van der Waals surface area contributed by atoms with Gasteiger partial charge in [0, 0.05) is 0 Å². The third-order valence-electron chi connectivity index (χ3n) is 2.26. The van der Waals surface area contributed by atoms with Crippen LogP contribution in [0.5, 0.6) is 5.75 Å². The summed E-state index contributed by atoms with van der Waals surface area (Å²) in [5, 5.41) is 9.77. The van der Waals surface area contributed by atoms with E-state index in [1.54, 1.807) is 24.3 Å². The molecule has 3 heteroatoms. The molecule has 1 aromatic rings. The molecule has 0 saturated carbocycles. The molecule has 0 bridgehead atoms. The van der Waals surface area contributed by atoms with Gasteiger partial charge < -0.3 is 9.84 Å². The van der Waals surface area contributed by atoms with E-state index in [0.29, 0.717) is 17.9 Å². The van der Waals surface area contributed by atoms with Crippen molar-refractivity contribution in [3.05, 3.63) is 35.7 Å². The van der Waals surface area contributed by atoms with Crippen molar-refractivity contribution in [2.24, 2.45) is 5.41 Å². The largest absolute Gasteiger partial charge is 0.491 e. The number of hydrogen-bond donors (Lipinski definition) is 1. The lowest BCUT2D eigenvalue weighted by Gasteiger charge is -2.22. The van der Waals surface area contributed by atoms with Crippen LogP contribution >= 0.6 is 0 Å². The van der Waals surface area contributed by atoms with E-state index in [1.165, 1.54) is 0 Å². The Hall–Kier alpha value is -1.53. The summed E-state index contributed by atoms with van der Waals surface area (Å²) < 4.78 is 5.46. The molecule has 1 rings (SSSR count). The molecule has 0 radical (unpaired) electrons. The maximum atomic E-state index is 9.77. The standard InChI is InChI=1S/C14H19NO2/c1-14(2,3)9-12(16)10-17-13-7-5-11(15-4)6-8-13/h5-8,12,16H,9-10H2,1-3H3/t12-/m0/s1. The number of nitrogens with zero attached hydrogens (tertiary/aromatic N) is 1. The van der Waals surface area contributed by atoms with E-state index in [4.69, 9.17) is 11.3 Å². The summed E-state index contributed by atoms with van der Waals surface area (Å²) >= 11 is 0. The molecular weight excluding hydrogens is 214 g/mol. The Morgan fingerprint density at radius 3 is 2.35 bits per heavy atom. The highest BCUT2D eigenvalue weighted by Crippen LogP contribution is 2.22. The Labute approximate surface area is 103 Å². The molecule has 1 atom stereocenters. The van der Waals surface area contributed by atoms with Crippen molar-refractivity contribution in [2.75, 3.05) is 6.61 Å². The Morgan fingerprint density at radius 2 is 1.88 bits per heavy atom. The molecule has 17 heavy (non-hydrogen) atoms. The van der Waals surface area contributed by atoms with Crippen LogP contribution < -0.4 is 4.74 Å². The summed E-state index contributed by atoms with van der Waals surface area (Å²) in [5.74, 6) is 0.686. The van der Waals surface area contributed by atoms with Crippen molar-refractivity contribution in [3.63, 3.8) is 0 Å². The first-order chi connectivity index (χ1) is 7.90. The van der Waals surface area contributed by atoms with Crippen molar-refractivity contribution in [1.29, 1.82) is 0 Å². The van der Waals surface area contributed by atoms with Crippen LogP contribution in [0.4, 0.5) is 5.69 Å². The van der Waals surface area contributed by atoms with E-state index in [2.05, 4.69) is 25.6 Å². The van der Waals surface area contributed by atoms with Crippen molar-refractivity contribution in [1.82, 2.24) is 0 Å². The number of aliphatic hydroxyl groups is 1. The number of rotatable bonds is 4. The quantitative estimate of drug-likeness (QED) is 0.808. The van der Waals surface area contributed by atoms with Gasteiger partial charge in [0.2, 0.25) is 0 Å². The smallest absolute Gasteiger partial charge is 0.187 e. The lowest BCUT2D eigenvalue weighted by atomic mass is 9.89. The molecule has 0 heterocycles. The Kier molecular flexibility index (Phi) is 4.53. The molecule has 0 aromatic heterocycles. The zero-order chi connectivity index (χ0) is 12.9. The molecule has 0 fully saturated rings. The highest BCUT2D eigenvalue weighted by molar-refractivity contribution is 5.46. The zero-order valence-electron chi connectivity index (χ0n) is 10.6. The second kappa shape index (κ2) is 5.70. The molecule has 0 aliphatic heterocycles. The second-order valence-corrected chi connectivity index (χ2v) is 5.34. The topological polar surface area (TPSA) is 33.8 Å². The highest BCUT2D eigenvalue weighted by Gasteiger charge is 2.16. The number of aliphatic hydroxyl groups excluding tert-OH is 1. The van der Waals surface area contributed by atoms with Crippen molar-refractivity contribution in [2.45, 2.75) is 33.3 Å². The van der Waals surface area contributed by atoms with Crippen LogP contribution in [0.2, 0.25) is 0 Å². The zero-order valence-corrected chi connectivity index (χ0v) is 10.6. The molecular formula is C14H19NO2. The van der Waals surface area contributed by atoms with E-state index in [1.807, 2.05) is 0 Å². The first-order valence-electron chi connectivity index (χ1n) is 5.69. The SMILES string of the molecule is [C-]#[N+]c1ccc(OC[C@@H](O)CC(C)(C)C)cc1. The monoisotopic (exact) mass is 233 g/mol. The molecule has 0 aliphatic rings. The van der Waals surface area contributed by atoms with Crippen LogP contribution in [0.3, 0.4) is 0 Å². The fourth-order valence-electron chi connectivity index (χ4n) is 1.58. The Bertz CT molecular complexity index is 384. The van der Waals surface area contributed by atoms with Crippen LogP contribution in [0.15, 0.2) is 24.3 Å².